The number of hydrogen-bond donors (Lipinski definition) is 1. The molecule has 1 aromatic heterocycles. The minimum Gasteiger partial charge on any atom is -0.375 e. The highest BCUT2D eigenvalue weighted by Crippen LogP contribution is 2.18. The van der Waals surface area contributed by atoms with Gasteiger partial charge in [-0.2, -0.15) is 0 Å². The number of aromatic nitrogens is 1. The van der Waals surface area contributed by atoms with Gasteiger partial charge in [-0.3, -0.25) is 4.79 Å². The molecule has 6 heteroatoms. The number of hydrogen-bond acceptors (Lipinski definition) is 4. The first-order valence-corrected chi connectivity index (χ1v) is 7.67. The highest BCUT2D eigenvalue weighted by molar-refractivity contribution is 7.09. The van der Waals surface area contributed by atoms with E-state index >= 15 is 0 Å². The number of nitrogens with one attached hydrogen (secondary N) is 1. The standard InChI is InChI=1S/C16H18FN3OS/c1-11-19-13(10-22-11)5-7-16(21)18-9-12-4-6-15(20(2)3)14(17)8-12/h4-8,10H,9H2,1-3H3,(H,18,21)/b7-5-. The Morgan fingerprint density at radius 3 is 2.82 bits per heavy atom. The summed E-state index contributed by atoms with van der Waals surface area (Å²) in [6, 6.07) is 4.93. The van der Waals surface area contributed by atoms with Crippen LogP contribution < -0.4 is 10.2 Å². The molecule has 0 aliphatic rings. The SMILES string of the molecule is Cc1nc(/C=C\C(=O)NCc2ccc(N(C)C)c(F)c2)cs1. The van der Waals surface area contributed by atoms with Crippen molar-refractivity contribution < 1.29 is 9.18 Å². The second kappa shape index (κ2) is 7.17. The molecule has 0 bridgehead atoms. The molecular formula is C16H18FN3OS. The molecule has 0 aliphatic heterocycles. The zero-order valence-electron chi connectivity index (χ0n) is 12.8. The monoisotopic (exact) mass is 319 g/mol. The molecule has 1 aromatic carbocycles. The number of rotatable bonds is 5. The number of carbonyl (C=O) groups excluding carboxylic acids is 1. The fourth-order valence-corrected chi connectivity index (χ4v) is 2.47. The number of benzene rings is 1. The molecule has 1 amide bonds. The Morgan fingerprint density at radius 2 is 2.23 bits per heavy atom. The van der Waals surface area contributed by atoms with Crippen LogP contribution in [0.1, 0.15) is 16.3 Å². The van der Waals surface area contributed by atoms with Gasteiger partial charge in [-0.25, -0.2) is 9.37 Å². The maximum atomic E-state index is 13.8. The van der Waals surface area contributed by atoms with Crippen molar-refractivity contribution >= 4 is 29.0 Å². The van der Waals surface area contributed by atoms with Gasteiger partial charge in [0.05, 0.1) is 16.4 Å². The topological polar surface area (TPSA) is 45.2 Å². The van der Waals surface area contributed by atoms with Crippen molar-refractivity contribution in [2.45, 2.75) is 13.5 Å². The van der Waals surface area contributed by atoms with Crippen LogP contribution in [-0.2, 0) is 11.3 Å². The number of halogens is 1. The summed E-state index contributed by atoms with van der Waals surface area (Å²) in [5.41, 5.74) is 2.00. The van der Waals surface area contributed by atoms with E-state index in [1.165, 1.54) is 23.5 Å². The van der Waals surface area contributed by atoms with Gasteiger partial charge in [0.25, 0.3) is 0 Å². The summed E-state index contributed by atoms with van der Waals surface area (Å²) in [5, 5.41) is 5.56. The number of nitrogens with zero attached hydrogens (tertiary/aromatic N) is 2. The average Bonchev–Trinajstić information content (AvgIpc) is 2.88. The fourth-order valence-electron chi connectivity index (χ4n) is 1.89. The molecule has 0 saturated carbocycles. The van der Waals surface area contributed by atoms with Crippen LogP contribution in [0.25, 0.3) is 6.08 Å². The molecule has 0 spiro atoms. The van der Waals surface area contributed by atoms with Crippen LogP contribution in [0.3, 0.4) is 0 Å². The first-order chi connectivity index (χ1) is 10.5. The first kappa shape index (κ1) is 16.2. The molecule has 4 nitrogen and oxygen atoms in total. The summed E-state index contributed by atoms with van der Waals surface area (Å²) < 4.78 is 13.8. The van der Waals surface area contributed by atoms with Crippen molar-refractivity contribution in [1.29, 1.82) is 0 Å². The number of amides is 1. The predicted molar refractivity (Wildman–Crippen MR) is 88.5 cm³/mol. The van der Waals surface area contributed by atoms with E-state index < -0.39 is 0 Å². The maximum Gasteiger partial charge on any atom is 0.244 e. The molecule has 0 saturated heterocycles. The van der Waals surface area contributed by atoms with E-state index in [4.69, 9.17) is 0 Å². The summed E-state index contributed by atoms with van der Waals surface area (Å²) in [6.07, 6.45) is 3.09. The van der Waals surface area contributed by atoms with E-state index in [9.17, 15) is 9.18 Å². The minimum atomic E-state index is -0.301. The highest BCUT2D eigenvalue weighted by atomic mass is 32.1. The van der Waals surface area contributed by atoms with Crippen LogP contribution >= 0.6 is 11.3 Å². The second-order valence-electron chi connectivity index (χ2n) is 5.02. The Hall–Kier alpha value is -2.21. The van der Waals surface area contributed by atoms with Gasteiger partial charge in [0, 0.05) is 32.1 Å². The molecule has 0 unspecified atom stereocenters. The van der Waals surface area contributed by atoms with Crippen molar-refractivity contribution in [2.75, 3.05) is 19.0 Å². The summed E-state index contributed by atoms with van der Waals surface area (Å²) in [5.74, 6) is -0.534. The lowest BCUT2D eigenvalue weighted by Crippen LogP contribution is -2.20. The van der Waals surface area contributed by atoms with Crippen LogP contribution in [0.15, 0.2) is 29.7 Å². The van der Waals surface area contributed by atoms with Crippen molar-refractivity contribution in [3.05, 3.63) is 51.7 Å². The molecule has 0 fully saturated rings. The van der Waals surface area contributed by atoms with Crippen LogP contribution in [0.5, 0.6) is 0 Å². The third-order valence-corrected chi connectivity index (χ3v) is 3.79. The molecule has 0 aliphatic carbocycles. The predicted octanol–water partition coefficient (Wildman–Crippen LogP) is 2.99. The van der Waals surface area contributed by atoms with E-state index in [0.29, 0.717) is 11.3 Å². The molecule has 0 atom stereocenters. The number of carbonyl (C=O) groups is 1. The van der Waals surface area contributed by atoms with E-state index in [0.717, 1.165) is 10.7 Å². The summed E-state index contributed by atoms with van der Waals surface area (Å²) in [4.78, 5) is 17.7. The third kappa shape index (κ3) is 4.39. The van der Waals surface area contributed by atoms with E-state index in [-0.39, 0.29) is 18.3 Å². The minimum absolute atomic E-state index is 0.234. The number of thiazole rings is 1. The van der Waals surface area contributed by atoms with Crippen molar-refractivity contribution in [2.24, 2.45) is 0 Å². The molecular weight excluding hydrogens is 301 g/mol. The molecule has 22 heavy (non-hydrogen) atoms. The Morgan fingerprint density at radius 1 is 1.45 bits per heavy atom. The quantitative estimate of drug-likeness (QED) is 0.862. The van der Waals surface area contributed by atoms with Crippen molar-refractivity contribution in [3.63, 3.8) is 0 Å². The van der Waals surface area contributed by atoms with Gasteiger partial charge in [-0.05, 0) is 30.7 Å². The Balaban J connectivity index is 1.91. The number of anilines is 1. The van der Waals surface area contributed by atoms with Crippen LogP contribution in [0.2, 0.25) is 0 Å². The van der Waals surface area contributed by atoms with Crippen LogP contribution in [0, 0.1) is 12.7 Å². The number of aryl methyl sites for hydroxylation is 1. The van der Waals surface area contributed by atoms with Crippen LogP contribution in [0.4, 0.5) is 10.1 Å². The zero-order valence-corrected chi connectivity index (χ0v) is 13.6. The average molecular weight is 319 g/mol. The van der Waals surface area contributed by atoms with Gasteiger partial charge >= 0.3 is 0 Å². The Labute approximate surface area is 133 Å². The smallest absolute Gasteiger partial charge is 0.244 e. The zero-order chi connectivity index (χ0) is 16.1. The van der Waals surface area contributed by atoms with E-state index in [2.05, 4.69) is 10.3 Å². The maximum absolute atomic E-state index is 13.8. The molecule has 1 heterocycles. The van der Waals surface area contributed by atoms with Gasteiger partial charge in [0.15, 0.2) is 0 Å². The van der Waals surface area contributed by atoms with Gasteiger partial charge in [0.1, 0.15) is 5.82 Å². The molecule has 1 N–H and O–H groups in total. The molecule has 0 radical (unpaired) electrons. The third-order valence-electron chi connectivity index (χ3n) is 3.00. The van der Waals surface area contributed by atoms with Crippen LogP contribution in [-0.4, -0.2) is 25.0 Å². The Kier molecular flexibility index (Phi) is 5.27. The normalized spacial score (nSPS) is 10.9. The lowest BCUT2D eigenvalue weighted by Gasteiger charge is -2.14. The highest BCUT2D eigenvalue weighted by Gasteiger charge is 2.05. The fraction of sp³-hybridized carbons (Fsp3) is 0.250. The van der Waals surface area contributed by atoms with Gasteiger partial charge in [-0.1, -0.05) is 6.07 Å². The van der Waals surface area contributed by atoms with Crippen molar-refractivity contribution in [3.8, 4) is 0 Å². The summed E-state index contributed by atoms with van der Waals surface area (Å²) in [6.45, 7) is 2.19. The molecule has 2 aromatic rings. The van der Waals surface area contributed by atoms with Gasteiger partial charge in [-0.15, -0.1) is 11.3 Å². The molecule has 2 rings (SSSR count). The lowest BCUT2D eigenvalue weighted by atomic mass is 10.2. The largest absolute Gasteiger partial charge is 0.375 e. The first-order valence-electron chi connectivity index (χ1n) is 6.79. The Bertz CT molecular complexity index is 694. The summed E-state index contributed by atoms with van der Waals surface area (Å²) >= 11 is 1.53. The lowest BCUT2D eigenvalue weighted by molar-refractivity contribution is -0.116. The van der Waals surface area contributed by atoms with E-state index in [1.807, 2.05) is 12.3 Å². The molecule has 116 valence electrons. The second-order valence-corrected chi connectivity index (χ2v) is 6.08. The van der Waals surface area contributed by atoms with Crippen molar-refractivity contribution in [1.82, 2.24) is 10.3 Å². The summed E-state index contributed by atoms with van der Waals surface area (Å²) in [7, 11) is 3.57. The van der Waals surface area contributed by atoms with Gasteiger partial charge < -0.3 is 10.2 Å². The van der Waals surface area contributed by atoms with E-state index in [1.54, 1.807) is 37.2 Å². The van der Waals surface area contributed by atoms with Gasteiger partial charge in [0.2, 0.25) is 5.91 Å².